The summed E-state index contributed by atoms with van der Waals surface area (Å²) in [5.41, 5.74) is 0.199. The number of carbonyl (C=O) groups excluding carboxylic acids is 1. The Morgan fingerprint density at radius 1 is 1.50 bits per heavy atom. The van der Waals surface area contributed by atoms with E-state index >= 15 is 0 Å². The Morgan fingerprint density at radius 2 is 2.25 bits per heavy atom. The number of hydrogen-bond donors (Lipinski definition) is 2. The van der Waals surface area contributed by atoms with Gasteiger partial charge in [0.2, 0.25) is 0 Å². The third-order valence-electron chi connectivity index (χ3n) is 3.18. The van der Waals surface area contributed by atoms with Crippen LogP contribution in [0.15, 0.2) is 24.3 Å². The minimum Gasteiger partial charge on any atom is -0.433 e. The maximum atomic E-state index is 12.3. The van der Waals surface area contributed by atoms with Gasteiger partial charge in [-0.25, -0.2) is 4.79 Å². The van der Waals surface area contributed by atoms with Gasteiger partial charge in [0.1, 0.15) is 5.75 Å². The molecule has 110 valence electrons. The summed E-state index contributed by atoms with van der Waals surface area (Å²) in [6.45, 7) is -1.91. The molecule has 0 saturated carbocycles. The zero-order valence-electron chi connectivity index (χ0n) is 10.8. The molecular weight excluding hydrogens is 270 g/mol. The summed E-state index contributed by atoms with van der Waals surface area (Å²) in [5, 5.41) is 11.6. The molecule has 0 radical (unpaired) electrons. The molecule has 1 aromatic rings. The summed E-state index contributed by atoms with van der Waals surface area (Å²) in [7, 11) is 0. The van der Waals surface area contributed by atoms with Gasteiger partial charge < -0.3 is 20.1 Å². The van der Waals surface area contributed by atoms with E-state index in [9.17, 15) is 13.6 Å². The van der Waals surface area contributed by atoms with E-state index in [1.807, 2.05) is 0 Å². The average Bonchev–Trinajstić information content (AvgIpc) is 2.89. The lowest BCUT2D eigenvalue weighted by Crippen LogP contribution is -2.33. The second-order valence-corrected chi connectivity index (χ2v) is 4.59. The molecule has 1 atom stereocenters. The molecule has 20 heavy (non-hydrogen) atoms. The topological polar surface area (TPSA) is 61.8 Å². The number of alkyl halides is 2. The molecule has 2 rings (SSSR count). The van der Waals surface area contributed by atoms with E-state index in [0.717, 1.165) is 6.42 Å². The number of carbonyl (C=O) groups is 1. The summed E-state index contributed by atoms with van der Waals surface area (Å²) in [6, 6.07) is 5.64. The van der Waals surface area contributed by atoms with Crippen LogP contribution in [-0.4, -0.2) is 42.3 Å². The van der Waals surface area contributed by atoms with Gasteiger partial charge in [0, 0.05) is 25.6 Å². The summed E-state index contributed by atoms with van der Waals surface area (Å²) >= 11 is 0. The Hall–Kier alpha value is -1.89. The van der Waals surface area contributed by atoms with Crippen molar-refractivity contribution in [3.63, 3.8) is 0 Å². The van der Waals surface area contributed by atoms with Crippen LogP contribution in [0.25, 0.3) is 0 Å². The number of nitrogens with one attached hydrogen (secondary N) is 1. The van der Waals surface area contributed by atoms with Crippen molar-refractivity contribution in [2.75, 3.05) is 25.0 Å². The van der Waals surface area contributed by atoms with E-state index in [2.05, 4.69) is 10.1 Å². The van der Waals surface area contributed by atoms with Crippen LogP contribution in [0.5, 0.6) is 5.75 Å². The third-order valence-corrected chi connectivity index (χ3v) is 3.18. The maximum absolute atomic E-state index is 12.3. The minimum absolute atomic E-state index is 0.0366. The first-order valence-corrected chi connectivity index (χ1v) is 6.30. The number of anilines is 1. The van der Waals surface area contributed by atoms with Crippen LogP contribution in [0.2, 0.25) is 0 Å². The molecule has 7 heteroatoms. The molecule has 5 nitrogen and oxygen atoms in total. The fraction of sp³-hybridized carbons (Fsp3) is 0.462. The molecule has 0 bridgehead atoms. The van der Waals surface area contributed by atoms with Crippen molar-refractivity contribution in [2.24, 2.45) is 5.92 Å². The van der Waals surface area contributed by atoms with Crippen molar-refractivity contribution in [1.29, 1.82) is 0 Å². The van der Waals surface area contributed by atoms with Crippen LogP contribution < -0.4 is 10.1 Å². The standard InChI is InChI=1S/C13H16F2N2O3/c14-12(15)20-11-4-2-1-3-10(11)16-13(19)17-6-5-9(7-17)8-18/h1-4,9,12,18H,5-8H2,(H,16,19). The highest BCUT2D eigenvalue weighted by molar-refractivity contribution is 5.91. The highest BCUT2D eigenvalue weighted by atomic mass is 19.3. The molecule has 0 aliphatic carbocycles. The Balaban J connectivity index is 2.01. The molecule has 2 N–H and O–H groups in total. The molecule has 1 aliphatic heterocycles. The van der Waals surface area contributed by atoms with E-state index in [1.54, 1.807) is 17.0 Å². The number of benzene rings is 1. The molecule has 1 aromatic carbocycles. The molecule has 1 fully saturated rings. The molecule has 1 unspecified atom stereocenters. The zero-order valence-corrected chi connectivity index (χ0v) is 10.8. The number of likely N-dealkylation sites (tertiary alicyclic amines) is 1. The van der Waals surface area contributed by atoms with E-state index in [0.29, 0.717) is 13.1 Å². The summed E-state index contributed by atoms with van der Waals surface area (Å²) in [6.07, 6.45) is 0.735. The number of urea groups is 1. The van der Waals surface area contributed by atoms with Crippen LogP contribution in [-0.2, 0) is 0 Å². The maximum Gasteiger partial charge on any atom is 0.387 e. The number of aliphatic hydroxyl groups excluding tert-OH is 1. The largest absolute Gasteiger partial charge is 0.433 e. The van der Waals surface area contributed by atoms with Gasteiger partial charge in [0.15, 0.2) is 0 Å². The lowest BCUT2D eigenvalue weighted by Gasteiger charge is -2.18. The lowest BCUT2D eigenvalue weighted by molar-refractivity contribution is -0.0493. The van der Waals surface area contributed by atoms with Crippen LogP contribution in [0, 0.1) is 5.92 Å². The van der Waals surface area contributed by atoms with Crippen LogP contribution >= 0.6 is 0 Å². The van der Waals surface area contributed by atoms with E-state index < -0.39 is 6.61 Å². The zero-order chi connectivity index (χ0) is 14.5. The Labute approximate surface area is 115 Å². The van der Waals surface area contributed by atoms with Crippen molar-refractivity contribution >= 4 is 11.7 Å². The van der Waals surface area contributed by atoms with Crippen molar-refractivity contribution in [3.8, 4) is 5.75 Å². The fourth-order valence-electron chi connectivity index (χ4n) is 2.13. The smallest absolute Gasteiger partial charge is 0.387 e. The van der Waals surface area contributed by atoms with Crippen molar-refractivity contribution in [1.82, 2.24) is 4.90 Å². The first-order chi connectivity index (χ1) is 9.60. The number of ether oxygens (including phenoxy) is 1. The van der Waals surface area contributed by atoms with Gasteiger partial charge in [-0.2, -0.15) is 8.78 Å². The van der Waals surface area contributed by atoms with Gasteiger partial charge in [-0.15, -0.1) is 0 Å². The average molecular weight is 286 g/mol. The number of rotatable bonds is 4. The molecule has 0 spiro atoms. The van der Waals surface area contributed by atoms with E-state index in [4.69, 9.17) is 5.11 Å². The predicted octanol–water partition coefficient (Wildman–Crippen LogP) is 2.13. The number of amides is 2. The Kier molecular flexibility index (Phi) is 4.73. The minimum atomic E-state index is -2.95. The highest BCUT2D eigenvalue weighted by Crippen LogP contribution is 2.26. The number of nitrogens with zero attached hydrogens (tertiary/aromatic N) is 1. The fourth-order valence-corrected chi connectivity index (χ4v) is 2.13. The van der Waals surface area contributed by atoms with Gasteiger partial charge in [-0.1, -0.05) is 12.1 Å². The number of aliphatic hydroxyl groups is 1. The highest BCUT2D eigenvalue weighted by Gasteiger charge is 2.26. The first-order valence-electron chi connectivity index (χ1n) is 6.30. The quantitative estimate of drug-likeness (QED) is 0.891. The molecule has 0 aromatic heterocycles. The summed E-state index contributed by atoms with van der Waals surface area (Å²) in [4.78, 5) is 13.5. The van der Waals surface area contributed by atoms with Gasteiger partial charge >= 0.3 is 12.6 Å². The lowest BCUT2D eigenvalue weighted by atomic mass is 10.1. The monoisotopic (exact) mass is 286 g/mol. The third kappa shape index (κ3) is 3.57. The first kappa shape index (κ1) is 14.5. The van der Waals surface area contributed by atoms with Gasteiger partial charge in [0.25, 0.3) is 0 Å². The van der Waals surface area contributed by atoms with E-state index in [1.165, 1.54) is 12.1 Å². The molecule has 2 amide bonds. The SMILES string of the molecule is O=C(Nc1ccccc1OC(F)F)N1CCC(CO)C1. The molecule has 1 heterocycles. The molecule has 1 aliphatic rings. The van der Waals surface area contributed by atoms with Gasteiger partial charge in [-0.3, -0.25) is 0 Å². The van der Waals surface area contributed by atoms with Crippen LogP contribution in [0.4, 0.5) is 19.3 Å². The van der Waals surface area contributed by atoms with E-state index in [-0.39, 0.29) is 30.0 Å². The number of halogens is 2. The van der Waals surface area contributed by atoms with Crippen molar-refractivity contribution < 1.29 is 23.4 Å². The van der Waals surface area contributed by atoms with Crippen LogP contribution in [0.3, 0.4) is 0 Å². The second kappa shape index (κ2) is 6.51. The van der Waals surface area contributed by atoms with Crippen LogP contribution in [0.1, 0.15) is 6.42 Å². The summed E-state index contributed by atoms with van der Waals surface area (Å²) < 4.78 is 28.9. The van der Waals surface area contributed by atoms with Gasteiger partial charge in [-0.05, 0) is 18.6 Å². The molecule has 1 saturated heterocycles. The number of para-hydroxylation sites is 2. The van der Waals surface area contributed by atoms with Crippen molar-refractivity contribution in [3.05, 3.63) is 24.3 Å². The summed E-state index contributed by atoms with van der Waals surface area (Å²) in [5.74, 6) is 0.00191. The molecular formula is C13H16F2N2O3. The normalized spacial score (nSPS) is 18.4. The Bertz CT molecular complexity index is 471. The van der Waals surface area contributed by atoms with Gasteiger partial charge in [0.05, 0.1) is 5.69 Å². The second-order valence-electron chi connectivity index (χ2n) is 4.59. The predicted molar refractivity (Wildman–Crippen MR) is 68.9 cm³/mol. The van der Waals surface area contributed by atoms with Crippen molar-refractivity contribution in [2.45, 2.75) is 13.0 Å². The Morgan fingerprint density at radius 3 is 2.90 bits per heavy atom. The number of hydrogen-bond acceptors (Lipinski definition) is 3.